The molecule has 1 amide bonds. The van der Waals surface area contributed by atoms with Crippen molar-refractivity contribution in [3.05, 3.63) is 53.7 Å². The Kier molecular flexibility index (Phi) is 4.68. The highest BCUT2D eigenvalue weighted by Gasteiger charge is 2.26. The van der Waals surface area contributed by atoms with Crippen LogP contribution in [-0.2, 0) is 21.6 Å². The molecule has 0 atom stereocenters. The van der Waals surface area contributed by atoms with E-state index in [2.05, 4.69) is 5.10 Å². The Balaban J connectivity index is 1.82. The summed E-state index contributed by atoms with van der Waals surface area (Å²) in [5, 5.41) is 5.59. The molecule has 146 valence electrons. The maximum Gasteiger partial charge on any atom is 0.250 e. The van der Waals surface area contributed by atoms with Gasteiger partial charge in [-0.2, -0.15) is 5.10 Å². The molecule has 28 heavy (non-hydrogen) atoms. The van der Waals surface area contributed by atoms with Crippen LogP contribution in [0.15, 0.2) is 52.3 Å². The molecular weight excluding hydrogens is 378 g/mol. The van der Waals surface area contributed by atoms with E-state index in [-0.39, 0.29) is 15.4 Å². The van der Waals surface area contributed by atoms with E-state index < -0.39 is 15.7 Å². The fraction of sp³-hybridized carbons (Fsp3) is 0.300. The number of carbonyl (C=O) groups excluding carboxylic acids is 1. The molecule has 1 aliphatic heterocycles. The molecule has 0 unspecified atom stereocenters. The van der Waals surface area contributed by atoms with Crippen LogP contribution >= 0.6 is 0 Å². The molecule has 2 heterocycles. The molecule has 7 nitrogen and oxygen atoms in total. The minimum Gasteiger partial charge on any atom is -0.381 e. The predicted octanol–water partition coefficient (Wildman–Crippen LogP) is 2.40. The zero-order valence-electron chi connectivity index (χ0n) is 15.5. The number of rotatable bonds is 4. The van der Waals surface area contributed by atoms with Gasteiger partial charge in [0.1, 0.15) is 0 Å². The molecule has 4 rings (SSSR count). The number of nitrogens with zero attached hydrogens (tertiary/aromatic N) is 2. The van der Waals surface area contributed by atoms with Gasteiger partial charge in [-0.25, -0.2) is 8.42 Å². The van der Waals surface area contributed by atoms with Gasteiger partial charge in [-0.05, 0) is 43.2 Å². The van der Waals surface area contributed by atoms with Crippen molar-refractivity contribution in [2.75, 3.05) is 13.2 Å². The number of ether oxygens (including phenoxy) is 1. The lowest BCUT2D eigenvalue weighted by atomic mass is 9.94. The van der Waals surface area contributed by atoms with Gasteiger partial charge >= 0.3 is 0 Å². The fourth-order valence-electron chi connectivity index (χ4n) is 3.74. The first-order valence-corrected chi connectivity index (χ1v) is 10.6. The van der Waals surface area contributed by atoms with E-state index in [1.54, 1.807) is 42.1 Å². The number of benzene rings is 2. The average Bonchev–Trinajstić information content (AvgIpc) is 3.05. The number of amides is 1. The maximum absolute atomic E-state index is 13.2. The van der Waals surface area contributed by atoms with Crippen LogP contribution in [0, 0.1) is 0 Å². The third-order valence-electron chi connectivity index (χ3n) is 5.21. The first-order valence-electron chi connectivity index (χ1n) is 9.08. The summed E-state index contributed by atoms with van der Waals surface area (Å²) in [5.74, 6) is -0.474. The minimum atomic E-state index is -3.90. The van der Waals surface area contributed by atoms with E-state index >= 15 is 0 Å². The predicted molar refractivity (Wildman–Crippen MR) is 104 cm³/mol. The van der Waals surface area contributed by atoms with Crippen LogP contribution in [0.2, 0.25) is 0 Å². The van der Waals surface area contributed by atoms with E-state index in [4.69, 9.17) is 10.5 Å². The highest BCUT2D eigenvalue weighted by Crippen LogP contribution is 2.33. The fourth-order valence-corrected chi connectivity index (χ4v) is 5.22. The first-order chi connectivity index (χ1) is 13.4. The Morgan fingerprint density at radius 2 is 1.89 bits per heavy atom. The summed E-state index contributed by atoms with van der Waals surface area (Å²) in [6, 6.07) is 11.0. The average molecular weight is 399 g/mol. The van der Waals surface area contributed by atoms with Crippen LogP contribution in [0.4, 0.5) is 0 Å². The normalized spacial score (nSPS) is 15.8. The molecule has 2 N–H and O–H groups in total. The van der Waals surface area contributed by atoms with E-state index in [0.717, 1.165) is 29.4 Å². The molecule has 0 bridgehead atoms. The molecule has 0 saturated carbocycles. The molecule has 1 saturated heterocycles. The summed E-state index contributed by atoms with van der Waals surface area (Å²) >= 11 is 0. The van der Waals surface area contributed by atoms with Gasteiger partial charge < -0.3 is 10.5 Å². The van der Waals surface area contributed by atoms with Gasteiger partial charge in [-0.1, -0.05) is 12.1 Å². The molecule has 1 aliphatic rings. The number of aromatic nitrogens is 2. The van der Waals surface area contributed by atoms with Crippen LogP contribution < -0.4 is 5.73 Å². The molecule has 0 radical (unpaired) electrons. The van der Waals surface area contributed by atoms with Crippen LogP contribution in [0.3, 0.4) is 0 Å². The smallest absolute Gasteiger partial charge is 0.250 e. The van der Waals surface area contributed by atoms with Crippen molar-refractivity contribution < 1.29 is 17.9 Å². The quantitative estimate of drug-likeness (QED) is 0.725. The molecule has 2 aromatic carbocycles. The Labute approximate surface area is 163 Å². The van der Waals surface area contributed by atoms with Crippen LogP contribution in [0.1, 0.15) is 34.8 Å². The first kappa shape index (κ1) is 18.6. The lowest BCUT2D eigenvalue weighted by molar-refractivity contribution is 0.0846. The second kappa shape index (κ2) is 7.03. The van der Waals surface area contributed by atoms with Gasteiger partial charge in [-0.15, -0.1) is 0 Å². The van der Waals surface area contributed by atoms with E-state index in [9.17, 15) is 13.2 Å². The Morgan fingerprint density at radius 3 is 2.61 bits per heavy atom. The number of fused-ring (bicyclic) bond motifs is 1. The van der Waals surface area contributed by atoms with Crippen molar-refractivity contribution in [2.24, 2.45) is 12.8 Å². The number of nitrogens with two attached hydrogens (primary N) is 1. The number of primary amides is 1. The van der Waals surface area contributed by atoms with Gasteiger partial charge in [0.15, 0.2) is 0 Å². The summed E-state index contributed by atoms with van der Waals surface area (Å²) in [6.45, 7) is 1.41. The topological polar surface area (TPSA) is 104 Å². The van der Waals surface area contributed by atoms with Crippen molar-refractivity contribution in [2.45, 2.75) is 28.6 Å². The number of sulfone groups is 1. The molecular formula is C20H21N3O4S. The number of hydrogen-bond donors (Lipinski definition) is 1. The summed E-state index contributed by atoms with van der Waals surface area (Å²) in [6.07, 6.45) is 1.80. The third-order valence-corrected chi connectivity index (χ3v) is 7.02. The summed E-state index contributed by atoms with van der Waals surface area (Å²) in [7, 11) is -2.10. The lowest BCUT2D eigenvalue weighted by Gasteiger charge is -2.20. The summed E-state index contributed by atoms with van der Waals surface area (Å²) in [5.41, 5.74) is 7.05. The molecule has 8 heteroatoms. The Bertz CT molecular complexity index is 1160. The van der Waals surface area contributed by atoms with Crippen LogP contribution in [-0.4, -0.2) is 37.3 Å². The second-order valence-corrected chi connectivity index (χ2v) is 8.86. The third kappa shape index (κ3) is 3.08. The molecule has 3 aromatic rings. The van der Waals surface area contributed by atoms with Crippen LogP contribution in [0.25, 0.3) is 10.9 Å². The van der Waals surface area contributed by atoms with Gasteiger partial charge in [0.05, 0.1) is 26.6 Å². The summed E-state index contributed by atoms with van der Waals surface area (Å²) in [4.78, 5) is 11.7. The molecule has 1 fully saturated rings. The number of carbonyl (C=O) groups is 1. The Morgan fingerprint density at radius 1 is 1.18 bits per heavy atom. The van der Waals surface area contributed by atoms with Gasteiger partial charge in [0.2, 0.25) is 15.7 Å². The second-order valence-electron chi connectivity index (χ2n) is 6.94. The number of aryl methyl sites for hydroxylation is 1. The number of hydrogen-bond acceptors (Lipinski definition) is 5. The van der Waals surface area contributed by atoms with Crippen molar-refractivity contribution in [1.82, 2.24) is 9.78 Å². The highest BCUT2D eigenvalue weighted by atomic mass is 32.2. The molecule has 0 spiro atoms. The van der Waals surface area contributed by atoms with Gasteiger partial charge in [-0.3, -0.25) is 9.48 Å². The van der Waals surface area contributed by atoms with Crippen molar-refractivity contribution in [3.63, 3.8) is 0 Å². The zero-order chi connectivity index (χ0) is 19.9. The highest BCUT2D eigenvalue weighted by molar-refractivity contribution is 7.91. The zero-order valence-corrected chi connectivity index (χ0v) is 16.3. The monoisotopic (exact) mass is 399 g/mol. The van der Waals surface area contributed by atoms with Crippen molar-refractivity contribution in [1.29, 1.82) is 0 Å². The van der Waals surface area contributed by atoms with Crippen molar-refractivity contribution in [3.8, 4) is 0 Å². The molecule has 1 aromatic heterocycles. The minimum absolute atomic E-state index is 0.0181. The Hall–Kier alpha value is -2.71. The lowest BCUT2D eigenvalue weighted by Crippen LogP contribution is -2.16. The van der Waals surface area contributed by atoms with Crippen LogP contribution in [0.5, 0.6) is 0 Å². The standard InChI is InChI=1S/C20H21N3O4S/c1-23-17-12-14(28(25,26)18-5-3-2-4-16(18)20(21)24)6-7-15(17)19(22-23)13-8-10-27-11-9-13/h2-7,12-13H,8-11H2,1H3,(H2,21,24). The van der Waals surface area contributed by atoms with Gasteiger partial charge in [0.25, 0.3) is 0 Å². The van der Waals surface area contributed by atoms with E-state index in [1.807, 2.05) is 0 Å². The SMILES string of the molecule is Cn1nc(C2CCOCC2)c2ccc(S(=O)(=O)c3ccccc3C(N)=O)cc21. The maximum atomic E-state index is 13.2. The van der Waals surface area contributed by atoms with Crippen molar-refractivity contribution >= 4 is 26.6 Å². The summed E-state index contributed by atoms with van der Waals surface area (Å²) < 4.78 is 33.5. The van der Waals surface area contributed by atoms with Gasteiger partial charge in [0, 0.05) is 31.6 Å². The molecule has 0 aliphatic carbocycles. The van der Waals surface area contributed by atoms with E-state index in [0.29, 0.717) is 19.1 Å². The van der Waals surface area contributed by atoms with E-state index in [1.165, 1.54) is 12.1 Å². The largest absolute Gasteiger partial charge is 0.381 e.